The van der Waals surface area contributed by atoms with Gasteiger partial charge in [-0.25, -0.2) is 0 Å². The van der Waals surface area contributed by atoms with Gasteiger partial charge in [0.1, 0.15) is 0 Å². The van der Waals surface area contributed by atoms with Crippen LogP contribution in [0.15, 0.2) is 0 Å². The summed E-state index contributed by atoms with van der Waals surface area (Å²) in [6.07, 6.45) is 14.6. The van der Waals surface area contributed by atoms with E-state index in [2.05, 4.69) is 6.92 Å². The van der Waals surface area contributed by atoms with Crippen LogP contribution in [0.3, 0.4) is 0 Å². The van der Waals surface area contributed by atoms with Crippen molar-refractivity contribution in [2.45, 2.75) is 115 Å². The van der Waals surface area contributed by atoms with Crippen molar-refractivity contribution in [3.8, 4) is 0 Å². The van der Waals surface area contributed by atoms with Gasteiger partial charge in [-0.05, 0) is 18.3 Å². The van der Waals surface area contributed by atoms with Gasteiger partial charge in [0.15, 0.2) is 0 Å². The molecule has 5 heteroatoms. The van der Waals surface area contributed by atoms with Crippen molar-refractivity contribution in [1.82, 2.24) is 0 Å². The van der Waals surface area contributed by atoms with Gasteiger partial charge in [-0.15, -0.1) is 0 Å². The van der Waals surface area contributed by atoms with Crippen LogP contribution in [0.2, 0.25) is 0 Å². The highest BCUT2D eigenvalue weighted by molar-refractivity contribution is 5.72. The van der Waals surface area contributed by atoms with Crippen molar-refractivity contribution in [3.05, 3.63) is 0 Å². The third-order valence-corrected chi connectivity index (χ3v) is 6.19. The fourth-order valence-corrected chi connectivity index (χ4v) is 4.83. The van der Waals surface area contributed by atoms with E-state index in [1.807, 2.05) is 0 Å². The summed E-state index contributed by atoms with van der Waals surface area (Å²) in [6, 6.07) is 0. The lowest BCUT2D eigenvalue weighted by Gasteiger charge is -2.41. The molecule has 1 aliphatic carbocycles. The van der Waals surface area contributed by atoms with E-state index in [0.29, 0.717) is 0 Å². The lowest BCUT2D eigenvalue weighted by atomic mass is 9.67. The minimum Gasteiger partial charge on any atom is -0.481 e. The maximum absolute atomic E-state index is 11.3. The number of carboxylic acids is 2. The van der Waals surface area contributed by atoms with Gasteiger partial charge < -0.3 is 15.3 Å². The van der Waals surface area contributed by atoms with E-state index in [0.717, 1.165) is 51.4 Å². The Bertz CT molecular complexity index is 412. The molecule has 0 bridgehead atoms. The van der Waals surface area contributed by atoms with Crippen molar-refractivity contribution >= 4 is 11.9 Å². The predicted octanol–water partition coefficient (Wildman–Crippen LogP) is 5.39. The molecular formula is C22H40O5. The molecular weight excluding hydrogens is 344 g/mol. The Kier molecular flexibility index (Phi) is 11.7. The minimum atomic E-state index is -1.64. The highest BCUT2D eigenvalue weighted by Crippen LogP contribution is 2.42. The minimum absolute atomic E-state index is 0.231. The van der Waals surface area contributed by atoms with Gasteiger partial charge in [0, 0.05) is 0 Å². The van der Waals surface area contributed by atoms with Gasteiger partial charge in [0.25, 0.3) is 0 Å². The molecule has 1 aliphatic rings. The molecule has 1 saturated carbocycles. The number of carbonyl (C=O) groups is 2. The Labute approximate surface area is 164 Å². The number of aliphatic carboxylic acids is 2. The number of rotatable bonds is 15. The summed E-state index contributed by atoms with van der Waals surface area (Å²) in [4.78, 5) is 22.7. The first-order valence-corrected chi connectivity index (χ1v) is 11.0. The third kappa shape index (κ3) is 9.59. The lowest BCUT2D eigenvalue weighted by molar-refractivity contribution is -0.156. The number of aliphatic hydroxyl groups is 1. The van der Waals surface area contributed by atoms with Crippen LogP contribution in [0.5, 0.6) is 0 Å². The molecule has 1 atom stereocenters. The monoisotopic (exact) mass is 384 g/mol. The van der Waals surface area contributed by atoms with E-state index >= 15 is 0 Å². The van der Waals surface area contributed by atoms with E-state index in [-0.39, 0.29) is 11.8 Å². The summed E-state index contributed by atoms with van der Waals surface area (Å²) in [5.74, 6) is -2.22. The molecule has 0 aliphatic heterocycles. The topological polar surface area (TPSA) is 94.8 Å². The number of hydrogen-bond acceptors (Lipinski definition) is 3. The Hall–Kier alpha value is -1.10. The highest BCUT2D eigenvalue weighted by Gasteiger charge is 2.44. The standard InChI is InChI=1S/C22H40O5/c1-2-3-4-5-6-7-8-12-15-19(18-13-10-9-11-14-18)22(27,16-20(23)24)17-21(25)26/h18-19,27H,2-17H2,1H3,(H,23,24)(H,25,26). The largest absolute Gasteiger partial charge is 0.481 e. The molecule has 0 aromatic heterocycles. The van der Waals surface area contributed by atoms with Crippen LogP contribution in [0.25, 0.3) is 0 Å². The zero-order valence-electron chi connectivity index (χ0n) is 17.1. The molecule has 27 heavy (non-hydrogen) atoms. The molecule has 0 aromatic carbocycles. The molecule has 1 fully saturated rings. The Morgan fingerprint density at radius 3 is 1.81 bits per heavy atom. The second-order valence-electron chi connectivity index (χ2n) is 8.51. The van der Waals surface area contributed by atoms with Gasteiger partial charge >= 0.3 is 11.9 Å². The summed E-state index contributed by atoms with van der Waals surface area (Å²) in [5.41, 5.74) is -1.64. The second-order valence-corrected chi connectivity index (χ2v) is 8.51. The van der Waals surface area contributed by atoms with E-state index in [4.69, 9.17) is 0 Å². The van der Waals surface area contributed by atoms with Crippen LogP contribution >= 0.6 is 0 Å². The maximum Gasteiger partial charge on any atom is 0.306 e. The van der Waals surface area contributed by atoms with Crippen molar-refractivity contribution in [1.29, 1.82) is 0 Å². The molecule has 0 saturated heterocycles. The second kappa shape index (κ2) is 13.1. The molecule has 0 heterocycles. The maximum atomic E-state index is 11.3. The molecule has 5 nitrogen and oxygen atoms in total. The zero-order valence-corrected chi connectivity index (χ0v) is 17.1. The lowest BCUT2D eigenvalue weighted by Crippen LogP contribution is -2.46. The van der Waals surface area contributed by atoms with Crippen LogP contribution in [0.4, 0.5) is 0 Å². The molecule has 0 amide bonds. The fourth-order valence-electron chi connectivity index (χ4n) is 4.83. The first-order chi connectivity index (χ1) is 12.9. The molecule has 0 aromatic rings. The zero-order chi connectivity index (χ0) is 20.1. The van der Waals surface area contributed by atoms with Crippen LogP contribution in [0.1, 0.15) is 110 Å². The van der Waals surface area contributed by atoms with Gasteiger partial charge in [0.2, 0.25) is 0 Å². The molecule has 0 spiro atoms. The normalized spacial score (nSPS) is 17.0. The summed E-state index contributed by atoms with van der Waals surface area (Å²) in [5, 5.41) is 29.6. The van der Waals surface area contributed by atoms with Gasteiger partial charge in [-0.1, -0.05) is 90.4 Å². The smallest absolute Gasteiger partial charge is 0.306 e. The quantitative estimate of drug-likeness (QED) is 0.329. The van der Waals surface area contributed by atoms with E-state index in [1.165, 1.54) is 38.5 Å². The van der Waals surface area contributed by atoms with E-state index in [9.17, 15) is 24.9 Å². The first kappa shape index (κ1) is 23.9. The SMILES string of the molecule is CCCCCCCCCCC(C1CCCCC1)C(O)(CC(=O)O)CC(=O)O. The average molecular weight is 385 g/mol. The van der Waals surface area contributed by atoms with Crippen LogP contribution in [-0.2, 0) is 9.59 Å². The summed E-state index contributed by atoms with van der Waals surface area (Å²) < 4.78 is 0. The fraction of sp³-hybridized carbons (Fsp3) is 0.909. The number of unbranched alkanes of at least 4 members (excludes halogenated alkanes) is 7. The molecule has 0 radical (unpaired) electrons. The Balaban J connectivity index is 2.64. The van der Waals surface area contributed by atoms with Gasteiger partial charge in [0.05, 0.1) is 18.4 Å². The van der Waals surface area contributed by atoms with Crippen molar-refractivity contribution < 1.29 is 24.9 Å². The van der Waals surface area contributed by atoms with E-state index < -0.39 is 30.4 Å². The number of carboxylic acid groups (broad SMARTS) is 2. The number of hydrogen-bond donors (Lipinski definition) is 3. The molecule has 1 rings (SSSR count). The van der Waals surface area contributed by atoms with Gasteiger partial charge in [-0.3, -0.25) is 9.59 Å². The van der Waals surface area contributed by atoms with Crippen molar-refractivity contribution in [2.75, 3.05) is 0 Å². The summed E-state index contributed by atoms with van der Waals surface area (Å²) >= 11 is 0. The highest BCUT2D eigenvalue weighted by atomic mass is 16.4. The Morgan fingerprint density at radius 2 is 1.33 bits per heavy atom. The Morgan fingerprint density at radius 1 is 0.852 bits per heavy atom. The van der Waals surface area contributed by atoms with Crippen LogP contribution < -0.4 is 0 Å². The molecule has 158 valence electrons. The predicted molar refractivity (Wildman–Crippen MR) is 107 cm³/mol. The first-order valence-electron chi connectivity index (χ1n) is 11.0. The molecule has 3 N–H and O–H groups in total. The van der Waals surface area contributed by atoms with Crippen molar-refractivity contribution in [3.63, 3.8) is 0 Å². The average Bonchev–Trinajstić information content (AvgIpc) is 2.59. The summed E-state index contributed by atoms with van der Waals surface area (Å²) in [6.45, 7) is 2.21. The molecule has 1 unspecified atom stereocenters. The van der Waals surface area contributed by atoms with Crippen LogP contribution in [0, 0.1) is 11.8 Å². The third-order valence-electron chi connectivity index (χ3n) is 6.19. The van der Waals surface area contributed by atoms with Crippen molar-refractivity contribution in [2.24, 2.45) is 11.8 Å². The van der Waals surface area contributed by atoms with Gasteiger partial charge in [-0.2, -0.15) is 0 Å². The van der Waals surface area contributed by atoms with E-state index in [1.54, 1.807) is 0 Å². The van der Waals surface area contributed by atoms with Crippen LogP contribution in [-0.4, -0.2) is 32.9 Å². The summed E-state index contributed by atoms with van der Waals surface area (Å²) in [7, 11) is 0.